The Labute approximate surface area is 166 Å². The Bertz CT molecular complexity index is 1270. The Kier molecular flexibility index (Phi) is 4.14. The van der Waals surface area contributed by atoms with Gasteiger partial charge in [-0.15, -0.1) is 11.3 Å². The van der Waals surface area contributed by atoms with E-state index in [1.165, 1.54) is 5.39 Å². The van der Waals surface area contributed by atoms with E-state index in [9.17, 15) is 0 Å². The molecule has 1 N–H and O–H groups in total. The van der Waals surface area contributed by atoms with Crippen LogP contribution in [0, 0.1) is 0 Å². The first-order valence-electron chi connectivity index (χ1n) is 8.95. The fraction of sp³-hybridized carbons (Fsp3) is 0.0435. The molecule has 3 aromatic carbocycles. The van der Waals surface area contributed by atoms with Gasteiger partial charge in [0, 0.05) is 22.0 Å². The predicted octanol–water partition coefficient (Wildman–Crippen LogP) is 6.26. The Morgan fingerprint density at radius 2 is 1.71 bits per heavy atom. The molecule has 0 amide bonds. The van der Waals surface area contributed by atoms with E-state index in [1.807, 2.05) is 12.1 Å². The maximum atomic E-state index is 5.28. The van der Waals surface area contributed by atoms with E-state index in [0.29, 0.717) is 0 Å². The number of nitrogens with zero attached hydrogens (tertiary/aromatic N) is 2. The van der Waals surface area contributed by atoms with Crippen LogP contribution in [0.15, 0.2) is 78.4 Å². The predicted molar refractivity (Wildman–Crippen MR) is 117 cm³/mol. The number of hydrogen-bond acceptors (Lipinski definition) is 5. The Morgan fingerprint density at radius 1 is 0.893 bits per heavy atom. The molecule has 5 rings (SSSR count). The average molecular weight is 383 g/mol. The second-order valence-corrected chi connectivity index (χ2v) is 7.29. The van der Waals surface area contributed by atoms with Gasteiger partial charge >= 0.3 is 0 Å². The van der Waals surface area contributed by atoms with Gasteiger partial charge in [0.05, 0.1) is 12.5 Å². The minimum absolute atomic E-state index is 0.813. The first-order chi connectivity index (χ1) is 13.8. The zero-order chi connectivity index (χ0) is 18.9. The minimum atomic E-state index is 0.813. The highest BCUT2D eigenvalue weighted by Crippen LogP contribution is 2.38. The minimum Gasteiger partial charge on any atom is -0.497 e. The fourth-order valence-corrected chi connectivity index (χ4v) is 4.33. The van der Waals surface area contributed by atoms with Crippen molar-refractivity contribution >= 4 is 43.8 Å². The van der Waals surface area contributed by atoms with Crippen LogP contribution in [-0.2, 0) is 0 Å². The number of ether oxygens (including phenoxy) is 1. The van der Waals surface area contributed by atoms with Gasteiger partial charge in [0.2, 0.25) is 0 Å². The lowest BCUT2D eigenvalue weighted by Gasteiger charge is -2.11. The third-order valence-corrected chi connectivity index (χ3v) is 5.70. The maximum absolute atomic E-state index is 5.28. The van der Waals surface area contributed by atoms with Gasteiger partial charge in [0.15, 0.2) is 0 Å². The maximum Gasteiger partial charge on any atom is 0.143 e. The van der Waals surface area contributed by atoms with Gasteiger partial charge in [-0.3, -0.25) is 0 Å². The van der Waals surface area contributed by atoms with E-state index < -0.39 is 0 Å². The van der Waals surface area contributed by atoms with Crippen LogP contribution in [0.4, 0.5) is 11.5 Å². The molecule has 28 heavy (non-hydrogen) atoms. The molecule has 0 radical (unpaired) electrons. The monoisotopic (exact) mass is 383 g/mol. The van der Waals surface area contributed by atoms with Crippen LogP contribution in [0.5, 0.6) is 5.75 Å². The summed E-state index contributed by atoms with van der Waals surface area (Å²) in [5.74, 6) is 1.65. The van der Waals surface area contributed by atoms with Crippen molar-refractivity contribution < 1.29 is 4.74 Å². The molecule has 0 atom stereocenters. The molecule has 0 aliphatic rings. The van der Waals surface area contributed by atoms with E-state index in [0.717, 1.165) is 44.0 Å². The van der Waals surface area contributed by atoms with Crippen LogP contribution in [0.3, 0.4) is 0 Å². The first kappa shape index (κ1) is 16.7. The van der Waals surface area contributed by atoms with Crippen molar-refractivity contribution in [1.29, 1.82) is 0 Å². The number of benzene rings is 3. The van der Waals surface area contributed by atoms with Crippen LogP contribution in [0.25, 0.3) is 32.1 Å². The molecule has 0 aliphatic carbocycles. The summed E-state index contributed by atoms with van der Waals surface area (Å²) in [7, 11) is 1.68. The van der Waals surface area contributed by atoms with Crippen LogP contribution in [0.1, 0.15) is 0 Å². The fourth-order valence-electron chi connectivity index (χ4n) is 3.41. The molecule has 2 heterocycles. The van der Waals surface area contributed by atoms with E-state index in [4.69, 9.17) is 4.74 Å². The summed E-state index contributed by atoms with van der Waals surface area (Å²) in [6.45, 7) is 0. The molecular formula is C23H17N3OS. The zero-order valence-corrected chi connectivity index (χ0v) is 16.0. The molecule has 0 saturated carbocycles. The molecule has 5 heteroatoms. The number of nitrogens with one attached hydrogen (secondary N) is 1. The molecular weight excluding hydrogens is 366 g/mol. The third kappa shape index (κ3) is 2.86. The normalized spacial score (nSPS) is 11.0. The summed E-state index contributed by atoms with van der Waals surface area (Å²) in [6, 6.07) is 22.7. The summed E-state index contributed by atoms with van der Waals surface area (Å²) in [6.07, 6.45) is 1.62. The van der Waals surface area contributed by atoms with E-state index in [1.54, 1.807) is 24.8 Å². The molecule has 0 fully saturated rings. The number of thiophene rings is 1. The van der Waals surface area contributed by atoms with Crippen LogP contribution < -0.4 is 10.1 Å². The molecule has 0 aliphatic heterocycles. The van der Waals surface area contributed by atoms with Crippen molar-refractivity contribution in [2.45, 2.75) is 0 Å². The lowest BCUT2D eigenvalue weighted by Crippen LogP contribution is -1.96. The molecule has 5 aromatic rings. The van der Waals surface area contributed by atoms with Crippen LogP contribution in [0.2, 0.25) is 0 Å². The Hall–Kier alpha value is -3.44. The molecule has 136 valence electrons. The zero-order valence-electron chi connectivity index (χ0n) is 15.2. The summed E-state index contributed by atoms with van der Waals surface area (Å²) in [4.78, 5) is 9.99. The standard InChI is InChI=1S/C23H17N3OS/c1-27-17-11-9-16(10-12-17)19-13-28-23-21(19)22(24-14-25-23)26-20-8-4-6-15-5-2-3-7-18(15)20/h2-14H,1H3,(H,24,25,26). The Balaban J connectivity index is 1.64. The number of methoxy groups -OCH3 is 1. The van der Waals surface area contributed by atoms with Crippen LogP contribution in [-0.4, -0.2) is 17.1 Å². The van der Waals surface area contributed by atoms with Gasteiger partial charge < -0.3 is 10.1 Å². The first-order valence-corrected chi connectivity index (χ1v) is 9.83. The van der Waals surface area contributed by atoms with Crippen LogP contribution >= 0.6 is 11.3 Å². The lowest BCUT2D eigenvalue weighted by atomic mass is 10.1. The van der Waals surface area contributed by atoms with Gasteiger partial charge in [-0.05, 0) is 29.1 Å². The highest BCUT2D eigenvalue weighted by molar-refractivity contribution is 7.17. The summed E-state index contributed by atoms with van der Waals surface area (Å²) >= 11 is 1.62. The van der Waals surface area contributed by atoms with Crippen molar-refractivity contribution in [3.05, 3.63) is 78.4 Å². The SMILES string of the molecule is COc1ccc(-c2csc3ncnc(Nc4cccc5ccccc45)c23)cc1. The van der Waals surface area contributed by atoms with Crippen molar-refractivity contribution in [3.8, 4) is 16.9 Å². The van der Waals surface area contributed by atoms with E-state index >= 15 is 0 Å². The van der Waals surface area contributed by atoms with Crippen molar-refractivity contribution in [3.63, 3.8) is 0 Å². The van der Waals surface area contributed by atoms with Gasteiger partial charge in [0.1, 0.15) is 22.7 Å². The molecule has 0 spiro atoms. The van der Waals surface area contributed by atoms with Crippen molar-refractivity contribution in [2.24, 2.45) is 0 Å². The average Bonchev–Trinajstić information content (AvgIpc) is 3.19. The summed E-state index contributed by atoms with van der Waals surface area (Å²) < 4.78 is 5.28. The summed E-state index contributed by atoms with van der Waals surface area (Å²) in [5.41, 5.74) is 3.26. The van der Waals surface area contributed by atoms with Crippen molar-refractivity contribution in [2.75, 3.05) is 12.4 Å². The summed E-state index contributed by atoms with van der Waals surface area (Å²) in [5, 5.41) is 9.06. The third-order valence-electron chi connectivity index (χ3n) is 4.81. The lowest BCUT2D eigenvalue weighted by molar-refractivity contribution is 0.415. The van der Waals surface area contributed by atoms with Gasteiger partial charge in [-0.2, -0.15) is 0 Å². The second-order valence-electron chi connectivity index (χ2n) is 6.43. The number of rotatable bonds is 4. The van der Waals surface area contributed by atoms with Gasteiger partial charge in [-0.25, -0.2) is 9.97 Å². The number of hydrogen-bond donors (Lipinski definition) is 1. The van der Waals surface area contributed by atoms with Crippen molar-refractivity contribution in [1.82, 2.24) is 9.97 Å². The largest absolute Gasteiger partial charge is 0.497 e. The van der Waals surface area contributed by atoms with Gasteiger partial charge in [-0.1, -0.05) is 48.5 Å². The number of fused-ring (bicyclic) bond motifs is 2. The number of aromatic nitrogens is 2. The quantitative estimate of drug-likeness (QED) is 0.398. The smallest absolute Gasteiger partial charge is 0.143 e. The molecule has 4 nitrogen and oxygen atoms in total. The second kappa shape index (κ2) is 6.94. The Morgan fingerprint density at radius 3 is 2.57 bits per heavy atom. The highest BCUT2D eigenvalue weighted by atomic mass is 32.1. The van der Waals surface area contributed by atoms with E-state index in [2.05, 4.69) is 75.3 Å². The molecule has 0 bridgehead atoms. The van der Waals surface area contributed by atoms with Gasteiger partial charge in [0.25, 0.3) is 0 Å². The number of anilines is 2. The topological polar surface area (TPSA) is 47.0 Å². The molecule has 0 unspecified atom stereocenters. The molecule has 2 aromatic heterocycles. The van der Waals surface area contributed by atoms with E-state index in [-0.39, 0.29) is 0 Å². The molecule has 0 saturated heterocycles. The highest BCUT2D eigenvalue weighted by Gasteiger charge is 2.14.